The first-order chi connectivity index (χ1) is 7.76. The van der Waals surface area contributed by atoms with E-state index in [0.717, 1.165) is 18.4 Å². The van der Waals surface area contributed by atoms with Crippen molar-refractivity contribution in [1.82, 2.24) is 0 Å². The Kier molecular flexibility index (Phi) is 2.40. The van der Waals surface area contributed by atoms with Gasteiger partial charge in [0, 0.05) is 17.8 Å². The molecule has 16 heavy (non-hydrogen) atoms. The molecule has 2 saturated carbocycles. The van der Waals surface area contributed by atoms with Crippen LogP contribution in [-0.4, -0.2) is 12.1 Å². The second-order valence-corrected chi connectivity index (χ2v) is 5.53. The highest BCUT2D eigenvalue weighted by Gasteiger charge is 2.48. The van der Waals surface area contributed by atoms with Gasteiger partial charge in [-0.05, 0) is 43.2 Å². The molecule has 3 atom stereocenters. The third-order valence-electron chi connectivity index (χ3n) is 4.42. The number of fused-ring (bicyclic) bond motifs is 2. The molecule has 2 nitrogen and oxygen atoms in total. The molecule has 3 unspecified atom stereocenters. The van der Waals surface area contributed by atoms with Crippen LogP contribution in [0.2, 0.25) is 0 Å². The van der Waals surface area contributed by atoms with Gasteiger partial charge in [-0.25, -0.2) is 0 Å². The highest BCUT2D eigenvalue weighted by Crippen LogP contribution is 2.49. The lowest BCUT2D eigenvalue weighted by Crippen LogP contribution is -2.50. The smallest absolute Gasteiger partial charge is 0.0361 e. The van der Waals surface area contributed by atoms with Crippen molar-refractivity contribution in [3.05, 3.63) is 30.3 Å². The molecule has 2 fully saturated rings. The van der Waals surface area contributed by atoms with Crippen molar-refractivity contribution in [2.75, 3.05) is 11.9 Å². The van der Waals surface area contributed by atoms with Crippen LogP contribution in [0.15, 0.2) is 30.3 Å². The van der Waals surface area contributed by atoms with Gasteiger partial charge in [-0.1, -0.05) is 24.6 Å². The first kappa shape index (κ1) is 10.2. The van der Waals surface area contributed by atoms with E-state index in [1.165, 1.54) is 31.4 Å². The number of hydrogen-bond donors (Lipinski definition) is 2. The fourth-order valence-electron chi connectivity index (χ4n) is 3.53. The molecule has 2 aliphatic rings. The van der Waals surface area contributed by atoms with Gasteiger partial charge in [-0.15, -0.1) is 0 Å². The average Bonchev–Trinajstić information content (AvgIpc) is 2.88. The van der Waals surface area contributed by atoms with Gasteiger partial charge in [0.05, 0.1) is 0 Å². The molecule has 0 aromatic heterocycles. The van der Waals surface area contributed by atoms with E-state index in [1.54, 1.807) is 0 Å². The molecule has 0 aliphatic heterocycles. The lowest BCUT2D eigenvalue weighted by molar-refractivity contribution is 0.286. The molecule has 0 amide bonds. The number of anilines is 1. The normalized spacial score (nSPS) is 36.6. The largest absolute Gasteiger partial charge is 0.383 e. The highest BCUT2D eigenvalue weighted by atomic mass is 15.0. The molecule has 0 heterocycles. The Hall–Kier alpha value is -1.02. The van der Waals surface area contributed by atoms with E-state index in [1.807, 2.05) is 6.07 Å². The minimum absolute atomic E-state index is 0.0543. The fourth-order valence-corrected chi connectivity index (χ4v) is 3.53. The molecule has 0 spiro atoms. The summed E-state index contributed by atoms with van der Waals surface area (Å²) in [5.74, 6) is 1.67. The van der Waals surface area contributed by atoms with Crippen molar-refractivity contribution >= 4 is 5.69 Å². The van der Waals surface area contributed by atoms with Gasteiger partial charge in [-0.3, -0.25) is 0 Å². The molecule has 3 rings (SSSR count). The van der Waals surface area contributed by atoms with Crippen LogP contribution >= 0.6 is 0 Å². The highest BCUT2D eigenvalue weighted by molar-refractivity contribution is 5.43. The van der Waals surface area contributed by atoms with Gasteiger partial charge in [0.25, 0.3) is 0 Å². The van der Waals surface area contributed by atoms with Crippen LogP contribution in [0.25, 0.3) is 0 Å². The maximum Gasteiger partial charge on any atom is 0.0361 e. The van der Waals surface area contributed by atoms with Crippen LogP contribution in [0.1, 0.15) is 25.7 Å². The van der Waals surface area contributed by atoms with E-state index >= 15 is 0 Å². The van der Waals surface area contributed by atoms with E-state index in [2.05, 4.69) is 29.6 Å². The standard InChI is InChI=1S/C14H20N2/c15-14(9-11-6-7-12(14)8-11)10-16-13-4-2-1-3-5-13/h1-5,11-12,16H,6-10,15H2. The number of hydrogen-bond acceptors (Lipinski definition) is 2. The van der Waals surface area contributed by atoms with Crippen LogP contribution in [0.3, 0.4) is 0 Å². The number of nitrogens with one attached hydrogen (secondary N) is 1. The first-order valence-corrected chi connectivity index (χ1v) is 6.34. The summed E-state index contributed by atoms with van der Waals surface area (Å²) in [6.45, 7) is 0.929. The van der Waals surface area contributed by atoms with E-state index < -0.39 is 0 Å². The van der Waals surface area contributed by atoms with Crippen molar-refractivity contribution in [3.63, 3.8) is 0 Å². The molecular weight excluding hydrogens is 196 g/mol. The van der Waals surface area contributed by atoms with E-state index in [9.17, 15) is 0 Å². The number of para-hydroxylation sites is 1. The molecular formula is C14H20N2. The maximum absolute atomic E-state index is 6.53. The quantitative estimate of drug-likeness (QED) is 0.815. The monoisotopic (exact) mass is 216 g/mol. The number of rotatable bonds is 3. The number of benzene rings is 1. The predicted molar refractivity (Wildman–Crippen MR) is 67.3 cm³/mol. The lowest BCUT2D eigenvalue weighted by Gasteiger charge is -2.34. The van der Waals surface area contributed by atoms with Gasteiger partial charge < -0.3 is 11.1 Å². The first-order valence-electron chi connectivity index (χ1n) is 6.34. The Balaban J connectivity index is 1.63. The molecule has 2 bridgehead atoms. The Morgan fingerprint density at radius 1 is 1.25 bits per heavy atom. The summed E-state index contributed by atoms with van der Waals surface area (Å²) in [6.07, 6.45) is 5.34. The summed E-state index contributed by atoms with van der Waals surface area (Å²) in [6, 6.07) is 10.4. The van der Waals surface area contributed by atoms with Gasteiger partial charge in [0.1, 0.15) is 0 Å². The van der Waals surface area contributed by atoms with Crippen LogP contribution in [0.5, 0.6) is 0 Å². The molecule has 0 saturated heterocycles. The van der Waals surface area contributed by atoms with Crippen LogP contribution in [0.4, 0.5) is 5.69 Å². The van der Waals surface area contributed by atoms with Gasteiger partial charge in [0.2, 0.25) is 0 Å². The Morgan fingerprint density at radius 3 is 2.69 bits per heavy atom. The average molecular weight is 216 g/mol. The third-order valence-corrected chi connectivity index (χ3v) is 4.42. The number of nitrogens with two attached hydrogens (primary N) is 1. The third kappa shape index (κ3) is 1.71. The van der Waals surface area contributed by atoms with Crippen molar-refractivity contribution < 1.29 is 0 Å². The molecule has 1 aromatic rings. The minimum atomic E-state index is 0.0543. The topological polar surface area (TPSA) is 38.0 Å². The lowest BCUT2D eigenvalue weighted by atomic mass is 9.82. The van der Waals surface area contributed by atoms with Crippen molar-refractivity contribution in [2.24, 2.45) is 17.6 Å². The van der Waals surface area contributed by atoms with Gasteiger partial charge in [0.15, 0.2) is 0 Å². The second-order valence-electron chi connectivity index (χ2n) is 5.53. The SMILES string of the molecule is NC1(CNc2ccccc2)CC2CCC1C2. The van der Waals surface area contributed by atoms with Crippen molar-refractivity contribution in [1.29, 1.82) is 0 Å². The Bertz CT molecular complexity index is 362. The summed E-state index contributed by atoms with van der Waals surface area (Å²) in [7, 11) is 0. The maximum atomic E-state index is 6.53. The Labute approximate surface area is 97.2 Å². The predicted octanol–water partition coefficient (Wildman–Crippen LogP) is 2.62. The molecule has 86 valence electrons. The summed E-state index contributed by atoms with van der Waals surface area (Å²) in [5.41, 5.74) is 7.77. The zero-order valence-electron chi connectivity index (χ0n) is 9.65. The molecule has 0 radical (unpaired) electrons. The van der Waals surface area contributed by atoms with Crippen LogP contribution in [0, 0.1) is 11.8 Å². The molecule has 2 heteroatoms. The summed E-state index contributed by atoms with van der Waals surface area (Å²) in [4.78, 5) is 0. The fraction of sp³-hybridized carbons (Fsp3) is 0.571. The zero-order chi connectivity index (χ0) is 11.0. The molecule has 1 aromatic carbocycles. The van der Waals surface area contributed by atoms with Crippen molar-refractivity contribution in [2.45, 2.75) is 31.2 Å². The van der Waals surface area contributed by atoms with E-state index in [-0.39, 0.29) is 5.54 Å². The summed E-state index contributed by atoms with van der Waals surface area (Å²) in [5, 5.41) is 3.49. The summed E-state index contributed by atoms with van der Waals surface area (Å²) >= 11 is 0. The van der Waals surface area contributed by atoms with E-state index in [4.69, 9.17) is 5.73 Å². The van der Waals surface area contributed by atoms with Gasteiger partial charge >= 0.3 is 0 Å². The molecule has 2 aliphatic carbocycles. The van der Waals surface area contributed by atoms with Crippen molar-refractivity contribution in [3.8, 4) is 0 Å². The van der Waals surface area contributed by atoms with Gasteiger partial charge in [-0.2, -0.15) is 0 Å². The van der Waals surface area contributed by atoms with Crippen LogP contribution in [-0.2, 0) is 0 Å². The molecule has 3 N–H and O–H groups in total. The van der Waals surface area contributed by atoms with E-state index in [0.29, 0.717) is 0 Å². The summed E-state index contributed by atoms with van der Waals surface area (Å²) < 4.78 is 0. The Morgan fingerprint density at radius 2 is 2.06 bits per heavy atom. The zero-order valence-corrected chi connectivity index (χ0v) is 9.65. The second kappa shape index (κ2) is 3.77. The van der Waals surface area contributed by atoms with Crippen LogP contribution < -0.4 is 11.1 Å². The minimum Gasteiger partial charge on any atom is -0.383 e.